The average molecular weight is 286 g/mol. The maximum Gasteiger partial charge on any atom is 0.242 e. The Kier molecular flexibility index (Phi) is 3.85. The molecule has 0 fully saturated rings. The molecule has 4 heteroatoms. The molecule has 0 spiro atoms. The molecule has 0 saturated carbocycles. The molecule has 0 aliphatic carbocycles. The molecule has 1 aromatic heterocycles. The highest BCUT2D eigenvalue weighted by molar-refractivity contribution is 7.10. The summed E-state index contributed by atoms with van der Waals surface area (Å²) in [6, 6.07) is 12.1. The van der Waals surface area contributed by atoms with Gasteiger partial charge in [0.2, 0.25) is 5.91 Å². The van der Waals surface area contributed by atoms with Crippen molar-refractivity contribution in [1.82, 2.24) is 10.6 Å². The normalized spacial score (nSPS) is 19.1. The van der Waals surface area contributed by atoms with Crippen LogP contribution in [0.5, 0.6) is 0 Å². The van der Waals surface area contributed by atoms with Crippen molar-refractivity contribution in [2.24, 2.45) is 0 Å². The van der Waals surface area contributed by atoms with Crippen molar-refractivity contribution in [3.05, 3.63) is 57.8 Å². The number of carbonyl (C=O) groups is 1. The quantitative estimate of drug-likeness (QED) is 0.911. The van der Waals surface area contributed by atoms with E-state index in [4.69, 9.17) is 0 Å². The molecular weight excluding hydrogens is 268 g/mol. The van der Waals surface area contributed by atoms with Gasteiger partial charge in [0.05, 0.1) is 6.04 Å². The number of hydrogen-bond acceptors (Lipinski definition) is 3. The van der Waals surface area contributed by atoms with Gasteiger partial charge in [-0.2, -0.15) is 0 Å². The van der Waals surface area contributed by atoms with Gasteiger partial charge >= 0.3 is 0 Å². The fourth-order valence-electron chi connectivity index (χ4n) is 2.64. The zero-order valence-corrected chi connectivity index (χ0v) is 12.2. The lowest BCUT2D eigenvalue weighted by Crippen LogP contribution is -2.42. The first-order chi connectivity index (χ1) is 9.75. The second kappa shape index (κ2) is 5.77. The molecule has 1 aromatic carbocycles. The van der Waals surface area contributed by atoms with Gasteiger partial charge in [0.1, 0.15) is 6.04 Å². The highest BCUT2D eigenvalue weighted by Crippen LogP contribution is 2.24. The first-order valence-corrected chi connectivity index (χ1v) is 7.78. The van der Waals surface area contributed by atoms with Crippen LogP contribution >= 0.6 is 11.3 Å². The summed E-state index contributed by atoms with van der Waals surface area (Å²) in [5.41, 5.74) is 2.38. The van der Waals surface area contributed by atoms with Crippen LogP contribution in [-0.2, 0) is 11.2 Å². The highest BCUT2D eigenvalue weighted by Gasteiger charge is 2.26. The number of hydrogen-bond donors (Lipinski definition) is 2. The van der Waals surface area contributed by atoms with Crippen LogP contribution < -0.4 is 10.6 Å². The van der Waals surface area contributed by atoms with Gasteiger partial charge in [0, 0.05) is 11.4 Å². The Morgan fingerprint density at radius 1 is 1.35 bits per heavy atom. The summed E-state index contributed by atoms with van der Waals surface area (Å²) >= 11 is 1.67. The predicted octanol–water partition coefficient (Wildman–Crippen LogP) is 2.81. The zero-order valence-electron chi connectivity index (χ0n) is 11.4. The summed E-state index contributed by atoms with van der Waals surface area (Å²) in [6.07, 6.45) is 0.987. The second-order valence-corrected chi connectivity index (χ2v) is 6.06. The molecule has 1 amide bonds. The lowest BCUT2D eigenvalue weighted by Gasteiger charge is -2.27. The van der Waals surface area contributed by atoms with Crippen LogP contribution in [0.2, 0.25) is 0 Å². The van der Waals surface area contributed by atoms with Crippen LogP contribution in [0.25, 0.3) is 0 Å². The number of rotatable bonds is 3. The third-order valence-electron chi connectivity index (χ3n) is 3.70. The van der Waals surface area contributed by atoms with Crippen LogP contribution in [0, 0.1) is 0 Å². The van der Waals surface area contributed by atoms with E-state index in [0.717, 1.165) is 18.5 Å². The standard InChI is InChI=1S/C16H18N2OS/c1-11(14-7-4-10-20-14)18-16(19)15-13-6-3-2-5-12(13)8-9-17-15/h2-7,10-11,15,17H,8-9H2,1H3,(H,18,19)/t11-,15?/m1/s1. The average Bonchev–Trinajstić information content (AvgIpc) is 3.01. The maximum absolute atomic E-state index is 12.5. The van der Waals surface area contributed by atoms with Crippen LogP contribution in [0.4, 0.5) is 0 Å². The van der Waals surface area contributed by atoms with E-state index in [1.165, 1.54) is 10.4 Å². The van der Waals surface area contributed by atoms with Gasteiger partial charge in [-0.15, -0.1) is 11.3 Å². The molecule has 1 unspecified atom stereocenters. The fraction of sp³-hybridized carbons (Fsp3) is 0.312. The molecular formula is C16H18N2OS. The fourth-order valence-corrected chi connectivity index (χ4v) is 3.38. The SMILES string of the molecule is C[C@@H](NC(=O)C1NCCc2ccccc21)c1cccs1. The summed E-state index contributed by atoms with van der Waals surface area (Å²) < 4.78 is 0. The second-order valence-electron chi connectivity index (χ2n) is 5.08. The van der Waals surface area contributed by atoms with Crippen LogP contribution in [0.3, 0.4) is 0 Å². The Bertz CT molecular complexity index is 594. The maximum atomic E-state index is 12.5. The van der Waals surface area contributed by atoms with Gasteiger partial charge in [-0.3, -0.25) is 4.79 Å². The van der Waals surface area contributed by atoms with E-state index in [1.54, 1.807) is 11.3 Å². The summed E-state index contributed by atoms with van der Waals surface area (Å²) in [5, 5.41) is 8.45. The Morgan fingerprint density at radius 2 is 2.20 bits per heavy atom. The number of amides is 1. The van der Waals surface area contributed by atoms with Crippen molar-refractivity contribution in [3.63, 3.8) is 0 Å². The zero-order chi connectivity index (χ0) is 13.9. The molecule has 1 aliphatic rings. The van der Waals surface area contributed by atoms with Gasteiger partial charge in [-0.05, 0) is 35.9 Å². The lowest BCUT2D eigenvalue weighted by atomic mass is 9.94. The minimum Gasteiger partial charge on any atom is -0.347 e. The lowest BCUT2D eigenvalue weighted by molar-refractivity contribution is -0.124. The van der Waals surface area contributed by atoms with Gasteiger partial charge < -0.3 is 10.6 Å². The van der Waals surface area contributed by atoms with Crippen LogP contribution in [0.15, 0.2) is 41.8 Å². The Labute approximate surface area is 123 Å². The van der Waals surface area contributed by atoms with Gasteiger partial charge in [-0.1, -0.05) is 30.3 Å². The van der Waals surface area contributed by atoms with Crippen molar-refractivity contribution in [3.8, 4) is 0 Å². The molecule has 0 radical (unpaired) electrons. The minimum absolute atomic E-state index is 0.0538. The Morgan fingerprint density at radius 3 is 3.00 bits per heavy atom. The van der Waals surface area contributed by atoms with E-state index < -0.39 is 0 Å². The summed E-state index contributed by atoms with van der Waals surface area (Å²) in [6.45, 7) is 2.88. The van der Waals surface area contributed by atoms with Crippen molar-refractivity contribution >= 4 is 17.2 Å². The van der Waals surface area contributed by atoms with E-state index >= 15 is 0 Å². The Balaban J connectivity index is 1.75. The molecule has 3 nitrogen and oxygen atoms in total. The number of fused-ring (bicyclic) bond motifs is 1. The van der Waals surface area contributed by atoms with E-state index in [9.17, 15) is 4.79 Å². The molecule has 2 N–H and O–H groups in total. The number of thiophene rings is 1. The molecule has 2 aromatic rings. The molecule has 2 heterocycles. The molecule has 1 aliphatic heterocycles. The van der Waals surface area contributed by atoms with Crippen molar-refractivity contribution in [1.29, 1.82) is 0 Å². The van der Waals surface area contributed by atoms with Gasteiger partial charge in [-0.25, -0.2) is 0 Å². The Hall–Kier alpha value is -1.65. The topological polar surface area (TPSA) is 41.1 Å². The van der Waals surface area contributed by atoms with Gasteiger partial charge in [0.25, 0.3) is 0 Å². The van der Waals surface area contributed by atoms with Crippen molar-refractivity contribution in [2.75, 3.05) is 6.54 Å². The van der Waals surface area contributed by atoms with E-state index in [2.05, 4.69) is 22.8 Å². The molecule has 104 valence electrons. The molecule has 0 saturated heterocycles. The first-order valence-electron chi connectivity index (χ1n) is 6.90. The molecule has 2 atom stereocenters. The summed E-state index contributed by atoms with van der Waals surface area (Å²) in [4.78, 5) is 13.7. The van der Waals surface area contributed by atoms with E-state index in [-0.39, 0.29) is 18.0 Å². The summed E-state index contributed by atoms with van der Waals surface area (Å²) in [7, 11) is 0. The number of nitrogens with one attached hydrogen (secondary N) is 2. The molecule has 3 rings (SSSR count). The predicted molar refractivity (Wildman–Crippen MR) is 81.8 cm³/mol. The monoisotopic (exact) mass is 286 g/mol. The summed E-state index contributed by atoms with van der Waals surface area (Å²) in [5.74, 6) is 0.0538. The minimum atomic E-state index is -0.234. The van der Waals surface area contributed by atoms with Crippen molar-refractivity contribution in [2.45, 2.75) is 25.4 Å². The van der Waals surface area contributed by atoms with Crippen LogP contribution in [-0.4, -0.2) is 12.5 Å². The molecule has 20 heavy (non-hydrogen) atoms. The number of carbonyl (C=O) groups excluding carboxylic acids is 1. The van der Waals surface area contributed by atoms with Crippen LogP contribution in [0.1, 0.15) is 35.0 Å². The third kappa shape index (κ3) is 2.62. The number of benzene rings is 1. The molecule has 0 bridgehead atoms. The van der Waals surface area contributed by atoms with E-state index in [1.807, 2.05) is 36.6 Å². The first kappa shape index (κ1) is 13.3. The smallest absolute Gasteiger partial charge is 0.242 e. The van der Waals surface area contributed by atoms with Gasteiger partial charge in [0.15, 0.2) is 0 Å². The highest BCUT2D eigenvalue weighted by atomic mass is 32.1. The third-order valence-corrected chi connectivity index (χ3v) is 4.75. The largest absolute Gasteiger partial charge is 0.347 e. The van der Waals surface area contributed by atoms with E-state index in [0.29, 0.717) is 0 Å². The van der Waals surface area contributed by atoms with Crippen molar-refractivity contribution < 1.29 is 4.79 Å².